The van der Waals surface area contributed by atoms with Gasteiger partial charge in [-0.2, -0.15) is 0 Å². The number of benzene rings is 2. The molecular weight excluding hydrogens is 271 g/mol. The normalized spacial score (nSPS) is 10.2. The number of halogens is 1. The highest BCUT2D eigenvalue weighted by Gasteiger charge is 2.14. The average Bonchev–Trinajstić information content (AvgIpc) is 2.48. The molecule has 0 aliphatic heterocycles. The SMILES string of the molecule is COc1c(N)cccc1C(=O)NCCc1ccccc1F. The molecule has 1 amide bonds. The Hall–Kier alpha value is -2.56. The zero-order valence-corrected chi connectivity index (χ0v) is 11.7. The van der Waals surface area contributed by atoms with E-state index in [1.807, 2.05) is 0 Å². The summed E-state index contributed by atoms with van der Waals surface area (Å²) in [4.78, 5) is 12.1. The molecular formula is C16H17FN2O2. The highest BCUT2D eigenvalue weighted by atomic mass is 19.1. The summed E-state index contributed by atoms with van der Waals surface area (Å²) in [5.41, 5.74) is 7.09. The quantitative estimate of drug-likeness (QED) is 0.830. The summed E-state index contributed by atoms with van der Waals surface area (Å²) in [7, 11) is 1.46. The van der Waals surface area contributed by atoms with E-state index in [9.17, 15) is 9.18 Å². The van der Waals surface area contributed by atoms with Gasteiger partial charge >= 0.3 is 0 Å². The number of para-hydroxylation sites is 1. The van der Waals surface area contributed by atoms with Crippen molar-refractivity contribution in [1.29, 1.82) is 0 Å². The number of amides is 1. The van der Waals surface area contributed by atoms with Crippen LogP contribution in [0.5, 0.6) is 5.75 Å². The van der Waals surface area contributed by atoms with E-state index in [4.69, 9.17) is 10.5 Å². The molecule has 0 saturated carbocycles. The van der Waals surface area contributed by atoms with Crippen LogP contribution in [0, 0.1) is 5.82 Å². The van der Waals surface area contributed by atoms with E-state index in [1.54, 1.807) is 36.4 Å². The molecule has 110 valence electrons. The molecule has 0 aliphatic carbocycles. The van der Waals surface area contributed by atoms with Gasteiger partial charge in [0.05, 0.1) is 18.4 Å². The lowest BCUT2D eigenvalue weighted by atomic mass is 10.1. The molecule has 3 N–H and O–H groups in total. The minimum Gasteiger partial charge on any atom is -0.494 e. The smallest absolute Gasteiger partial charge is 0.255 e. The number of anilines is 1. The van der Waals surface area contributed by atoms with Crippen LogP contribution in [0.15, 0.2) is 42.5 Å². The summed E-state index contributed by atoms with van der Waals surface area (Å²) in [6.07, 6.45) is 0.420. The average molecular weight is 288 g/mol. The Bertz CT molecular complexity index is 644. The maximum atomic E-state index is 13.5. The lowest BCUT2D eigenvalue weighted by Gasteiger charge is -2.11. The molecule has 0 heterocycles. The van der Waals surface area contributed by atoms with Gasteiger partial charge in [-0.1, -0.05) is 24.3 Å². The second-order valence-corrected chi connectivity index (χ2v) is 4.53. The molecule has 0 unspecified atom stereocenters. The van der Waals surface area contributed by atoms with Crippen molar-refractivity contribution in [1.82, 2.24) is 5.32 Å². The minimum absolute atomic E-state index is 0.270. The van der Waals surface area contributed by atoms with Crippen molar-refractivity contribution >= 4 is 11.6 Å². The number of hydrogen-bond donors (Lipinski definition) is 2. The summed E-state index contributed by atoms with van der Waals surface area (Å²) in [6.45, 7) is 0.331. The third kappa shape index (κ3) is 3.51. The van der Waals surface area contributed by atoms with Crippen molar-refractivity contribution in [2.75, 3.05) is 19.4 Å². The predicted molar refractivity (Wildman–Crippen MR) is 79.8 cm³/mol. The molecule has 2 aromatic rings. The Labute approximate surface area is 122 Å². The van der Waals surface area contributed by atoms with Crippen LogP contribution in [-0.4, -0.2) is 19.6 Å². The molecule has 0 fully saturated rings. The minimum atomic E-state index is -0.296. The standard InChI is InChI=1S/C16H17FN2O2/c1-21-15-12(6-4-8-14(15)18)16(20)19-10-9-11-5-2-3-7-13(11)17/h2-8H,9-10,18H2,1H3,(H,19,20). The molecule has 21 heavy (non-hydrogen) atoms. The van der Waals surface area contributed by atoms with Crippen LogP contribution < -0.4 is 15.8 Å². The number of nitrogens with two attached hydrogens (primary N) is 1. The van der Waals surface area contributed by atoms with Crippen molar-refractivity contribution in [3.63, 3.8) is 0 Å². The molecule has 4 nitrogen and oxygen atoms in total. The Kier molecular flexibility index (Phi) is 4.77. The van der Waals surface area contributed by atoms with Crippen molar-refractivity contribution in [3.05, 3.63) is 59.4 Å². The fraction of sp³-hybridized carbons (Fsp3) is 0.188. The van der Waals surface area contributed by atoms with Gasteiger partial charge in [0.15, 0.2) is 5.75 Å². The number of carbonyl (C=O) groups is 1. The van der Waals surface area contributed by atoms with E-state index < -0.39 is 0 Å². The van der Waals surface area contributed by atoms with E-state index in [1.165, 1.54) is 13.2 Å². The molecule has 0 spiro atoms. The van der Waals surface area contributed by atoms with Crippen molar-refractivity contribution in [2.45, 2.75) is 6.42 Å². The molecule has 0 saturated heterocycles. The van der Waals surface area contributed by atoms with Crippen LogP contribution in [0.1, 0.15) is 15.9 Å². The second-order valence-electron chi connectivity index (χ2n) is 4.53. The Morgan fingerprint density at radius 3 is 2.71 bits per heavy atom. The summed E-state index contributed by atoms with van der Waals surface area (Å²) >= 11 is 0. The van der Waals surface area contributed by atoms with Crippen LogP contribution in [-0.2, 0) is 6.42 Å². The number of carbonyl (C=O) groups excluding carboxylic acids is 1. The number of rotatable bonds is 5. The third-order valence-electron chi connectivity index (χ3n) is 3.13. The monoisotopic (exact) mass is 288 g/mol. The Balaban J connectivity index is 2.00. The van der Waals surface area contributed by atoms with E-state index >= 15 is 0 Å². The largest absolute Gasteiger partial charge is 0.494 e. The third-order valence-corrected chi connectivity index (χ3v) is 3.13. The molecule has 0 aliphatic rings. The topological polar surface area (TPSA) is 64.3 Å². The van der Waals surface area contributed by atoms with Crippen molar-refractivity contribution in [3.8, 4) is 5.75 Å². The summed E-state index contributed by atoms with van der Waals surface area (Å²) in [5, 5.41) is 2.74. The molecule has 0 atom stereocenters. The fourth-order valence-electron chi connectivity index (χ4n) is 2.07. The number of ether oxygens (including phenoxy) is 1. The van der Waals surface area contributed by atoms with Crippen LogP contribution in [0.25, 0.3) is 0 Å². The number of nitrogen functional groups attached to an aromatic ring is 1. The lowest BCUT2D eigenvalue weighted by molar-refractivity contribution is 0.0951. The van der Waals surface area contributed by atoms with Crippen LogP contribution in [0.3, 0.4) is 0 Å². The van der Waals surface area contributed by atoms with E-state index in [2.05, 4.69) is 5.32 Å². The maximum absolute atomic E-state index is 13.5. The molecule has 2 rings (SSSR count). The van der Waals surface area contributed by atoms with Gasteiger partial charge < -0.3 is 15.8 Å². The molecule has 0 bridgehead atoms. The number of nitrogens with one attached hydrogen (secondary N) is 1. The lowest BCUT2D eigenvalue weighted by Crippen LogP contribution is -2.26. The molecule has 0 radical (unpaired) electrons. The van der Waals surface area contributed by atoms with E-state index in [0.29, 0.717) is 35.5 Å². The van der Waals surface area contributed by atoms with Crippen LogP contribution >= 0.6 is 0 Å². The van der Waals surface area contributed by atoms with E-state index in [-0.39, 0.29) is 11.7 Å². The Morgan fingerprint density at radius 1 is 1.24 bits per heavy atom. The number of methoxy groups -OCH3 is 1. The van der Waals surface area contributed by atoms with E-state index in [0.717, 1.165) is 0 Å². The first kappa shape index (κ1) is 14.8. The first-order valence-electron chi connectivity index (χ1n) is 6.57. The van der Waals surface area contributed by atoms with Gasteiger partial charge in [-0.25, -0.2) is 4.39 Å². The Morgan fingerprint density at radius 2 is 2.00 bits per heavy atom. The van der Waals surface area contributed by atoms with Gasteiger partial charge in [-0.3, -0.25) is 4.79 Å². The molecule has 0 aromatic heterocycles. The summed E-state index contributed by atoms with van der Waals surface area (Å²) in [5.74, 6) is -0.218. The predicted octanol–water partition coefficient (Wildman–Crippen LogP) is 2.39. The molecule has 5 heteroatoms. The van der Waals surface area contributed by atoms with Gasteiger partial charge in [-0.05, 0) is 30.2 Å². The zero-order chi connectivity index (χ0) is 15.2. The molecule has 2 aromatic carbocycles. The highest BCUT2D eigenvalue weighted by Crippen LogP contribution is 2.25. The van der Waals surface area contributed by atoms with Gasteiger partial charge in [-0.15, -0.1) is 0 Å². The van der Waals surface area contributed by atoms with Gasteiger partial charge in [0, 0.05) is 6.54 Å². The highest BCUT2D eigenvalue weighted by molar-refractivity contribution is 5.98. The fourth-order valence-corrected chi connectivity index (χ4v) is 2.07. The zero-order valence-electron chi connectivity index (χ0n) is 11.7. The first-order chi connectivity index (χ1) is 10.1. The van der Waals surface area contributed by atoms with Crippen molar-refractivity contribution in [2.24, 2.45) is 0 Å². The van der Waals surface area contributed by atoms with Crippen LogP contribution in [0.4, 0.5) is 10.1 Å². The number of hydrogen-bond acceptors (Lipinski definition) is 3. The maximum Gasteiger partial charge on any atom is 0.255 e. The summed E-state index contributed by atoms with van der Waals surface area (Å²) < 4.78 is 18.6. The van der Waals surface area contributed by atoms with Gasteiger partial charge in [0.25, 0.3) is 5.91 Å². The summed E-state index contributed by atoms with van der Waals surface area (Å²) in [6, 6.07) is 11.5. The second kappa shape index (κ2) is 6.74. The first-order valence-corrected chi connectivity index (χ1v) is 6.57. The van der Waals surface area contributed by atoms with Crippen molar-refractivity contribution < 1.29 is 13.9 Å². The van der Waals surface area contributed by atoms with Gasteiger partial charge in [0.1, 0.15) is 5.82 Å². The van der Waals surface area contributed by atoms with Crippen LogP contribution in [0.2, 0.25) is 0 Å². The van der Waals surface area contributed by atoms with Gasteiger partial charge in [0.2, 0.25) is 0 Å².